The zero-order valence-corrected chi connectivity index (χ0v) is 15.6. The Hall–Kier alpha value is -0.950. The molecule has 0 saturated carbocycles. The van der Waals surface area contributed by atoms with Gasteiger partial charge in [-0.15, -0.1) is 11.3 Å². The number of nitrogens with zero attached hydrogens (tertiary/aromatic N) is 2. The highest BCUT2D eigenvalue weighted by molar-refractivity contribution is 7.14. The SMILES string of the molecule is COCCN(C(=O)c1ccc(C2CCCN2)s1)C1CCN(C)CC1. The van der Waals surface area contributed by atoms with Gasteiger partial charge in [0.05, 0.1) is 11.5 Å². The maximum Gasteiger partial charge on any atom is 0.264 e. The summed E-state index contributed by atoms with van der Waals surface area (Å²) in [6.45, 7) is 4.48. The number of likely N-dealkylation sites (tertiary alicyclic amines) is 1. The molecule has 0 aromatic carbocycles. The Morgan fingerprint density at radius 2 is 2.17 bits per heavy atom. The zero-order valence-electron chi connectivity index (χ0n) is 14.8. The van der Waals surface area contributed by atoms with E-state index in [9.17, 15) is 4.79 Å². The molecule has 1 aromatic heterocycles. The molecule has 1 amide bonds. The quantitative estimate of drug-likeness (QED) is 0.855. The Bertz CT molecular complexity index is 534. The van der Waals surface area contributed by atoms with Crippen molar-refractivity contribution in [1.29, 1.82) is 0 Å². The van der Waals surface area contributed by atoms with Gasteiger partial charge in [-0.05, 0) is 64.5 Å². The molecule has 1 unspecified atom stereocenters. The zero-order chi connectivity index (χ0) is 16.9. The first kappa shape index (κ1) is 17.9. The van der Waals surface area contributed by atoms with E-state index in [-0.39, 0.29) is 5.91 Å². The van der Waals surface area contributed by atoms with E-state index in [2.05, 4.69) is 23.3 Å². The number of hydrogen-bond donors (Lipinski definition) is 1. The van der Waals surface area contributed by atoms with E-state index in [1.54, 1.807) is 18.4 Å². The molecule has 2 fully saturated rings. The number of rotatable bonds is 6. The largest absolute Gasteiger partial charge is 0.383 e. The first-order chi connectivity index (χ1) is 11.7. The van der Waals surface area contributed by atoms with Crippen LogP contribution >= 0.6 is 11.3 Å². The lowest BCUT2D eigenvalue weighted by Gasteiger charge is -2.37. The summed E-state index contributed by atoms with van der Waals surface area (Å²) in [7, 11) is 3.85. The summed E-state index contributed by atoms with van der Waals surface area (Å²) in [6.07, 6.45) is 4.50. The highest BCUT2D eigenvalue weighted by Gasteiger charge is 2.29. The van der Waals surface area contributed by atoms with Gasteiger partial charge in [-0.2, -0.15) is 0 Å². The molecule has 1 aromatic rings. The molecule has 2 aliphatic heterocycles. The Balaban J connectivity index is 1.70. The normalized spacial score (nSPS) is 22.8. The van der Waals surface area contributed by atoms with Crippen molar-refractivity contribution in [2.24, 2.45) is 0 Å². The summed E-state index contributed by atoms with van der Waals surface area (Å²) in [5, 5.41) is 3.52. The molecule has 1 N–H and O–H groups in total. The number of methoxy groups -OCH3 is 1. The highest BCUT2D eigenvalue weighted by Crippen LogP contribution is 2.30. The molecule has 0 radical (unpaired) electrons. The fraction of sp³-hybridized carbons (Fsp3) is 0.722. The molecule has 0 spiro atoms. The van der Waals surface area contributed by atoms with Gasteiger partial charge in [-0.25, -0.2) is 0 Å². The van der Waals surface area contributed by atoms with Gasteiger partial charge >= 0.3 is 0 Å². The fourth-order valence-corrected chi connectivity index (χ4v) is 4.74. The van der Waals surface area contributed by atoms with Crippen LogP contribution in [0.4, 0.5) is 0 Å². The Kier molecular flexibility index (Phi) is 6.27. The van der Waals surface area contributed by atoms with E-state index in [1.165, 1.54) is 17.7 Å². The predicted octanol–water partition coefficient (Wildman–Crippen LogP) is 2.36. The average Bonchev–Trinajstić information content (AvgIpc) is 3.27. The molecule has 134 valence electrons. The average molecular weight is 352 g/mol. The van der Waals surface area contributed by atoms with Gasteiger partial charge in [0.15, 0.2) is 0 Å². The molecular weight excluding hydrogens is 322 g/mol. The van der Waals surface area contributed by atoms with Crippen LogP contribution in [0.3, 0.4) is 0 Å². The number of nitrogens with one attached hydrogen (secondary N) is 1. The van der Waals surface area contributed by atoms with Crippen LogP contribution in [0.2, 0.25) is 0 Å². The highest BCUT2D eigenvalue weighted by atomic mass is 32.1. The smallest absolute Gasteiger partial charge is 0.264 e. The van der Waals surface area contributed by atoms with Crippen molar-refractivity contribution in [3.05, 3.63) is 21.9 Å². The van der Waals surface area contributed by atoms with Gasteiger partial charge in [0.1, 0.15) is 0 Å². The van der Waals surface area contributed by atoms with Crippen LogP contribution < -0.4 is 5.32 Å². The lowest BCUT2D eigenvalue weighted by Crippen LogP contribution is -2.47. The second-order valence-corrected chi connectivity index (χ2v) is 7.99. The Morgan fingerprint density at radius 3 is 2.83 bits per heavy atom. The number of hydrogen-bond acceptors (Lipinski definition) is 5. The van der Waals surface area contributed by atoms with E-state index in [0.717, 1.165) is 37.4 Å². The van der Waals surface area contributed by atoms with Gasteiger partial charge in [-0.1, -0.05) is 0 Å². The third kappa shape index (κ3) is 4.17. The van der Waals surface area contributed by atoms with Gasteiger partial charge in [-0.3, -0.25) is 4.79 Å². The first-order valence-corrected chi connectivity index (χ1v) is 9.82. The van der Waals surface area contributed by atoms with Crippen molar-refractivity contribution in [2.45, 2.75) is 37.8 Å². The third-order valence-corrected chi connectivity index (χ3v) is 6.35. The maximum atomic E-state index is 13.1. The van der Waals surface area contributed by atoms with E-state index >= 15 is 0 Å². The summed E-state index contributed by atoms with van der Waals surface area (Å²) in [6, 6.07) is 4.91. The van der Waals surface area contributed by atoms with Gasteiger partial charge in [0.2, 0.25) is 0 Å². The van der Waals surface area contributed by atoms with Crippen molar-refractivity contribution >= 4 is 17.2 Å². The van der Waals surface area contributed by atoms with Crippen molar-refractivity contribution in [2.75, 3.05) is 46.9 Å². The molecular formula is C18H29N3O2S. The summed E-state index contributed by atoms with van der Waals surface area (Å²) < 4.78 is 5.25. The van der Waals surface area contributed by atoms with E-state index in [1.807, 2.05) is 11.0 Å². The second-order valence-electron chi connectivity index (χ2n) is 6.88. The van der Waals surface area contributed by atoms with Crippen LogP contribution in [-0.4, -0.2) is 68.7 Å². The van der Waals surface area contributed by atoms with Crippen LogP contribution in [0.5, 0.6) is 0 Å². The molecule has 3 heterocycles. The predicted molar refractivity (Wildman–Crippen MR) is 97.7 cm³/mol. The maximum absolute atomic E-state index is 13.1. The number of carbonyl (C=O) groups excluding carboxylic acids is 1. The summed E-state index contributed by atoms with van der Waals surface area (Å²) in [5.74, 6) is 0.177. The number of ether oxygens (including phenoxy) is 1. The molecule has 2 saturated heterocycles. The molecule has 24 heavy (non-hydrogen) atoms. The molecule has 6 heteroatoms. The molecule has 5 nitrogen and oxygen atoms in total. The van der Waals surface area contributed by atoms with Crippen LogP contribution in [0.1, 0.15) is 46.3 Å². The minimum absolute atomic E-state index is 0.177. The minimum Gasteiger partial charge on any atom is -0.383 e. The van der Waals surface area contributed by atoms with Crippen molar-refractivity contribution < 1.29 is 9.53 Å². The lowest BCUT2D eigenvalue weighted by atomic mass is 10.0. The fourth-order valence-electron chi connectivity index (χ4n) is 3.67. The Morgan fingerprint density at radius 1 is 1.38 bits per heavy atom. The number of carbonyl (C=O) groups is 1. The molecule has 1 atom stereocenters. The van der Waals surface area contributed by atoms with Crippen LogP contribution in [0, 0.1) is 0 Å². The Labute approximate surface area is 149 Å². The van der Waals surface area contributed by atoms with Gasteiger partial charge in [0.25, 0.3) is 5.91 Å². The molecule has 3 rings (SSSR count). The van der Waals surface area contributed by atoms with E-state index < -0.39 is 0 Å². The number of piperidine rings is 1. The van der Waals surface area contributed by atoms with Crippen molar-refractivity contribution in [3.63, 3.8) is 0 Å². The van der Waals surface area contributed by atoms with Crippen molar-refractivity contribution in [3.8, 4) is 0 Å². The standard InChI is InChI=1S/C18H29N3O2S/c1-20-10-7-14(8-11-20)21(12-13-23-2)18(22)17-6-5-16(24-17)15-4-3-9-19-15/h5-6,14-15,19H,3-4,7-13H2,1-2H3. The molecule has 0 bridgehead atoms. The summed E-state index contributed by atoms with van der Waals surface area (Å²) >= 11 is 1.66. The van der Waals surface area contributed by atoms with Crippen LogP contribution in [0.15, 0.2) is 12.1 Å². The monoisotopic (exact) mass is 351 g/mol. The topological polar surface area (TPSA) is 44.8 Å². The van der Waals surface area contributed by atoms with E-state index in [4.69, 9.17) is 4.74 Å². The van der Waals surface area contributed by atoms with Crippen LogP contribution in [-0.2, 0) is 4.74 Å². The summed E-state index contributed by atoms with van der Waals surface area (Å²) in [5.41, 5.74) is 0. The third-order valence-electron chi connectivity index (χ3n) is 5.17. The first-order valence-electron chi connectivity index (χ1n) is 9.00. The minimum atomic E-state index is 0.177. The summed E-state index contributed by atoms with van der Waals surface area (Å²) in [4.78, 5) is 19.7. The molecule has 2 aliphatic rings. The second kappa shape index (κ2) is 8.43. The van der Waals surface area contributed by atoms with Crippen LogP contribution in [0.25, 0.3) is 0 Å². The number of amides is 1. The number of thiophene rings is 1. The van der Waals surface area contributed by atoms with E-state index in [0.29, 0.717) is 25.2 Å². The van der Waals surface area contributed by atoms with Gasteiger partial charge < -0.3 is 19.9 Å². The lowest BCUT2D eigenvalue weighted by molar-refractivity contribution is 0.0509. The van der Waals surface area contributed by atoms with Crippen molar-refractivity contribution in [1.82, 2.24) is 15.1 Å². The molecule has 0 aliphatic carbocycles. The van der Waals surface area contributed by atoms with Gasteiger partial charge in [0, 0.05) is 30.6 Å².